The van der Waals surface area contributed by atoms with Crippen LogP contribution >= 0.6 is 11.3 Å². The highest BCUT2D eigenvalue weighted by atomic mass is 32.1. The summed E-state index contributed by atoms with van der Waals surface area (Å²) in [6, 6.07) is 7.65. The Morgan fingerprint density at radius 1 is 1.15 bits per heavy atom. The molecule has 3 N–H and O–H groups in total. The van der Waals surface area contributed by atoms with Crippen molar-refractivity contribution in [1.82, 2.24) is 9.97 Å². The van der Waals surface area contributed by atoms with Gasteiger partial charge in [0.2, 0.25) is 0 Å². The molecular formula is C15H14N2O2S. The summed E-state index contributed by atoms with van der Waals surface area (Å²) >= 11 is 1.71. The Hall–Kier alpha value is -1.85. The molecule has 5 heteroatoms. The van der Waals surface area contributed by atoms with Crippen molar-refractivity contribution in [2.24, 2.45) is 0 Å². The summed E-state index contributed by atoms with van der Waals surface area (Å²) in [5, 5.41) is 10.5. The molecule has 20 heavy (non-hydrogen) atoms. The first-order chi connectivity index (χ1) is 9.70. The van der Waals surface area contributed by atoms with E-state index in [1.165, 1.54) is 16.9 Å². The quantitative estimate of drug-likeness (QED) is 0.677. The fourth-order valence-corrected chi connectivity index (χ4v) is 4.14. The number of imidazole rings is 1. The van der Waals surface area contributed by atoms with Gasteiger partial charge in [0.1, 0.15) is 6.10 Å². The molecule has 102 valence electrons. The lowest BCUT2D eigenvalue weighted by atomic mass is 10.1. The molecule has 0 saturated heterocycles. The maximum Gasteiger partial charge on any atom is 0.323 e. The van der Waals surface area contributed by atoms with Gasteiger partial charge in [0, 0.05) is 9.75 Å². The Kier molecular flexibility index (Phi) is 2.58. The maximum absolute atomic E-state index is 11.3. The van der Waals surface area contributed by atoms with Crippen molar-refractivity contribution in [3.05, 3.63) is 55.6 Å². The molecule has 0 amide bonds. The van der Waals surface area contributed by atoms with Crippen molar-refractivity contribution in [2.75, 3.05) is 0 Å². The molecule has 1 aliphatic carbocycles. The molecule has 0 fully saturated rings. The Morgan fingerprint density at radius 3 is 2.85 bits per heavy atom. The summed E-state index contributed by atoms with van der Waals surface area (Å²) in [5.41, 5.74) is 3.48. The van der Waals surface area contributed by atoms with Gasteiger partial charge in [0.25, 0.3) is 0 Å². The van der Waals surface area contributed by atoms with E-state index in [0.29, 0.717) is 0 Å². The number of rotatable bonds is 2. The lowest BCUT2D eigenvalue weighted by molar-refractivity contribution is 0.224. The van der Waals surface area contributed by atoms with Crippen molar-refractivity contribution in [2.45, 2.75) is 25.4 Å². The summed E-state index contributed by atoms with van der Waals surface area (Å²) in [5.74, 6) is 0. The molecule has 0 spiro atoms. The molecule has 1 aromatic carbocycles. The number of aromatic nitrogens is 2. The first-order valence-corrected chi connectivity index (χ1v) is 7.54. The van der Waals surface area contributed by atoms with E-state index < -0.39 is 6.10 Å². The summed E-state index contributed by atoms with van der Waals surface area (Å²) in [6.07, 6.45) is 2.88. The van der Waals surface area contributed by atoms with E-state index in [1.807, 2.05) is 18.2 Å². The van der Waals surface area contributed by atoms with Crippen molar-refractivity contribution in [1.29, 1.82) is 0 Å². The van der Waals surface area contributed by atoms with E-state index in [0.717, 1.165) is 34.3 Å². The number of nitrogens with one attached hydrogen (secondary N) is 2. The lowest BCUT2D eigenvalue weighted by Crippen LogP contribution is -1.99. The monoisotopic (exact) mass is 286 g/mol. The Balaban J connectivity index is 1.74. The molecule has 1 atom stereocenters. The second-order valence-electron chi connectivity index (χ2n) is 5.24. The van der Waals surface area contributed by atoms with Crippen molar-refractivity contribution in [3.8, 4) is 0 Å². The van der Waals surface area contributed by atoms with E-state index in [2.05, 4.69) is 16.0 Å². The lowest BCUT2D eigenvalue weighted by Gasteiger charge is -2.09. The van der Waals surface area contributed by atoms with Gasteiger partial charge in [-0.05, 0) is 48.6 Å². The minimum atomic E-state index is -0.617. The topological polar surface area (TPSA) is 68.9 Å². The van der Waals surface area contributed by atoms with Crippen LogP contribution in [-0.2, 0) is 12.8 Å². The van der Waals surface area contributed by atoms with E-state index in [9.17, 15) is 9.90 Å². The highest BCUT2D eigenvalue weighted by molar-refractivity contribution is 7.12. The van der Waals surface area contributed by atoms with Crippen molar-refractivity contribution >= 4 is 22.4 Å². The largest absolute Gasteiger partial charge is 0.383 e. The van der Waals surface area contributed by atoms with Gasteiger partial charge in [0.05, 0.1) is 11.0 Å². The minimum absolute atomic E-state index is 0.221. The molecule has 2 aromatic heterocycles. The number of benzene rings is 1. The summed E-state index contributed by atoms with van der Waals surface area (Å²) in [4.78, 5) is 19.1. The zero-order valence-electron chi connectivity index (χ0n) is 10.8. The van der Waals surface area contributed by atoms with Gasteiger partial charge in [-0.3, -0.25) is 0 Å². The maximum atomic E-state index is 11.3. The van der Waals surface area contributed by atoms with Gasteiger partial charge in [-0.2, -0.15) is 0 Å². The van der Waals surface area contributed by atoms with Crippen LogP contribution in [0.4, 0.5) is 0 Å². The molecule has 1 unspecified atom stereocenters. The van der Waals surface area contributed by atoms with Gasteiger partial charge < -0.3 is 15.1 Å². The number of thiophene rings is 1. The number of aliphatic hydroxyl groups excluding tert-OH is 1. The van der Waals surface area contributed by atoms with Crippen LogP contribution in [0.3, 0.4) is 0 Å². The van der Waals surface area contributed by atoms with Crippen LogP contribution in [0.25, 0.3) is 11.0 Å². The highest BCUT2D eigenvalue weighted by Crippen LogP contribution is 2.36. The molecule has 3 aromatic rings. The molecule has 1 aliphatic rings. The van der Waals surface area contributed by atoms with Crippen LogP contribution in [0.2, 0.25) is 0 Å². The predicted octanol–water partition coefficient (Wildman–Crippen LogP) is 2.49. The molecule has 2 heterocycles. The Bertz CT molecular complexity index is 822. The average Bonchev–Trinajstić information content (AvgIpc) is 3.08. The molecule has 0 radical (unpaired) electrons. The van der Waals surface area contributed by atoms with E-state index in [-0.39, 0.29) is 5.69 Å². The third-order valence-electron chi connectivity index (χ3n) is 3.89. The first-order valence-electron chi connectivity index (χ1n) is 6.72. The van der Waals surface area contributed by atoms with Crippen LogP contribution in [0, 0.1) is 0 Å². The average molecular weight is 286 g/mol. The number of hydrogen-bond acceptors (Lipinski definition) is 3. The number of aliphatic hydroxyl groups is 1. The van der Waals surface area contributed by atoms with Gasteiger partial charge >= 0.3 is 5.69 Å². The number of H-pyrrole nitrogens is 2. The summed E-state index contributed by atoms with van der Waals surface area (Å²) in [7, 11) is 0. The smallest absolute Gasteiger partial charge is 0.323 e. The third-order valence-corrected chi connectivity index (χ3v) is 5.18. The highest BCUT2D eigenvalue weighted by Gasteiger charge is 2.20. The zero-order valence-corrected chi connectivity index (χ0v) is 11.6. The number of fused-ring (bicyclic) bond motifs is 2. The molecular weight excluding hydrogens is 272 g/mol. The molecule has 4 rings (SSSR count). The van der Waals surface area contributed by atoms with Gasteiger partial charge in [0.15, 0.2) is 0 Å². The standard InChI is InChI=1S/C15H14N2O2S/c18-14(13-7-8-2-1-3-12(8)20-13)9-4-5-10-11(6-9)17-15(19)16-10/h4-7,14,18H,1-3H2,(H2,16,17,19). The molecule has 4 nitrogen and oxygen atoms in total. The Morgan fingerprint density at radius 2 is 2.00 bits per heavy atom. The van der Waals surface area contributed by atoms with Crippen molar-refractivity contribution < 1.29 is 5.11 Å². The Labute approximate surface area is 119 Å². The molecule has 0 bridgehead atoms. The zero-order chi connectivity index (χ0) is 13.7. The van der Waals surface area contributed by atoms with Gasteiger partial charge in [-0.1, -0.05) is 6.07 Å². The van der Waals surface area contributed by atoms with Crippen LogP contribution in [0.15, 0.2) is 29.1 Å². The second kappa shape index (κ2) is 4.33. The fourth-order valence-electron chi connectivity index (χ4n) is 2.87. The first kappa shape index (κ1) is 11.9. The third kappa shape index (κ3) is 1.82. The second-order valence-corrected chi connectivity index (χ2v) is 6.41. The minimum Gasteiger partial charge on any atom is -0.383 e. The van der Waals surface area contributed by atoms with Crippen LogP contribution in [0.1, 0.15) is 33.4 Å². The van der Waals surface area contributed by atoms with Crippen LogP contribution < -0.4 is 5.69 Å². The van der Waals surface area contributed by atoms with Crippen molar-refractivity contribution in [3.63, 3.8) is 0 Å². The summed E-state index contributed by atoms with van der Waals surface area (Å²) in [6.45, 7) is 0. The normalized spacial score (nSPS) is 15.7. The van der Waals surface area contributed by atoms with Gasteiger partial charge in [-0.25, -0.2) is 4.79 Å². The SMILES string of the molecule is O=c1[nH]c2ccc(C(O)c3cc4c(s3)CCC4)cc2[nH]1. The van der Waals surface area contributed by atoms with Crippen LogP contribution in [-0.4, -0.2) is 15.1 Å². The van der Waals surface area contributed by atoms with E-state index in [1.54, 1.807) is 11.3 Å². The molecule has 0 saturated carbocycles. The number of aromatic amines is 2. The van der Waals surface area contributed by atoms with E-state index in [4.69, 9.17) is 0 Å². The number of aryl methyl sites for hydroxylation is 2. The fraction of sp³-hybridized carbons (Fsp3) is 0.267. The van der Waals surface area contributed by atoms with Gasteiger partial charge in [-0.15, -0.1) is 11.3 Å². The molecule has 0 aliphatic heterocycles. The summed E-state index contributed by atoms with van der Waals surface area (Å²) < 4.78 is 0. The predicted molar refractivity (Wildman–Crippen MR) is 79.3 cm³/mol. The van der Waals surface area contributed by atoms with E-state index >= 15 is 0 Å². The van der Waals surface area contributed by atoms with Crippen LogP contribution in [0.5, 0.6) is 0 Å². The number of hydrogen-bond donors (Lipinski definition) is 3.